The van der Waals surface area contributed by atoms with Crippen LogP contribution in [0.15, 0.2) is 241 Å². The molecule has 0 saturated heterocycles. The fourth-order valence-corrected chi connectivity index (χ4v) is 8.69. The monoisotopic (exact) mass is 765 g/mol. The standard InChI is InChI=1S/C58H39NO/c1-2-12-40(13-3-1)41-24-26-42(27-25-41)44-32-36-48(37-33-44)59(56-22-8-6-17-52(56)54-20-11-21-55-53-18-7-9-23-57(53)60-58(54)55)49-38-34-45(35-39-49)43-28-30-47(31-29-43)51-19-10-15-46-14-4-5-16-50(46)51/h1-39H. The van der Waals surface area contributed by atoms with Gasteiger partial charge in [-0.15, -0.1) is 0 Å². The van der Waals surface area contributed by atoms with Gasteiger partial charge in [-0.2, -0.15) is 0 Å². The van der Waals surface area contributed by atoms with E-state index in [2.05, 4.69) is 229 Å². The van der Waals surface area contributed by atoms with Gasteiger partial charge < -0.3 is 9.32 Å². The number of benzene rings is 10. The Bertz CT molecular complexity index is 3270. The molecule has 0 aliphatic carbocycles. The fraction of sp³-hybridized carbons (Fsp3) is 0. The highest BCUT2D eigenvalue weighted by molar-refractivity contribution is 6.11. The van der Waals surface area contributed by atoms with Crippen LogP contribution in [0.5, 0.6) is 0 Å². The predicted octanol–water partition coefficient (Wildman–Crippen LogP) is 16.5. The van der Waals surface area contributed by atoms with E-state index in [1.165, 1.54) is 49.7 Å². The Morgan fingerprint density at radius 1 is 0.267 bits per heavy atom. The summed E-state index contributed by atoms with van der Waals surface area (Å²) in [6, 6.07) is 84.7. The molecule has 11 rings (SSSR count). The molecule has 0 fully saturated rings. The summed E-state index contributed by atoms with van der Waals surface area (Å²) in [5, 5.41) is 4.75. The molecule has 60 heavy (non-hydrogen) atoms. The van der Waals surface area contributed by atoms with Gasteiger partial charge in [0.15, 0.2) is 0 Å². The first-order valence-electron chi connectivity index (χ1n) is 20.5. The van der Waals surface area contributed by atoms with Crippen LogP contribution in [0.1, 0.15) is 0 Å². The molecular weight excluding hydrogens is 727 g/mol. The van der Waals surface area contributed by atoms with E-state index in [4.69, 9.17) is 4.42 Å². The summed E-state index contributed by atoms with van der Waals surface area (Å²) >= 11 is 0. The zero-order valence-electron chi connectivity index (χ0n) is 32.9. The van der Waals surface area contributed by atoms with Crippen LogP contribution in [0, 0.1) is 0 Å². The highest BCUT2D eigenvalue weighted by atomic mass is 16.3. The van der Waals surface area contributed by atoms with Gasteiger partial charge in [0, 0.05) is 33.3 Å². The number of para-hydroxylation sites is 3. The number of rotatable bonds is 8. The van der Waals surface area contributed by atoms with Crippen LogP contribution in [0.3, 0.4) is 0 Å². The topological polar surface area (TPSA) is 16.4 Å². The van der Waals surface area contributed by atoms with Crippen LogP contribution in [0.25, 0.3) is 88.3 Å². The van der Waals surface area contributed by atoms with Crippen LogP contribution in [-0.2, 0) is 0 Å². The number of nitrogens with zero attached hydrogens (tertiary/aromatic N) is 1. The summed E-state index contributed by atoms with van der Waals surface area (Å²) in [5.74, 6) is 0. The molecule has 0 N–H and O–H groups in total. The summed E-state index contributed by atoms with van der Waals surface area (Å²) in [4.78, 5) is 2.37. The smallest absolute Gasteiger partial charge is 0.143 e. The van der Waals surface area contributed by atoms with Crippen LogP contribution in [-0.4, -0.2) is 0 Å². The molecule has 2 nitrogen and oxygen atoms in total. The molecule has 10 aromatic carbocycles. The summed E-state index contributed by atoms with van der Waals surface area (Å²) < 4.78 is 6.59. The van der Waals surface area contributed by atoms with Crippen LogP contribution >= 0.6 is 0 Å². The lowest BCUT2D eigenvalue weighted by Gasteiger charge is -2.28. The maximum atomic E-state index is 6.59. The van der Waals surface area contributed by atoms with Crippen molar-refractivity contribution in [2.24, 2.45) is 0 Å². The van der Waals surface area contributed by atoms with Gasteiger partial charge in [0.05, 0.1) is 5.69 Å². The van der Waals surface area contributed by atoms with E-state index in [9.17, 15) is 0 Å². The van der Waals surface area contributed by atoms with Crippen LogP contribution in [0.4, 0.5) is 17.1 Å². The van der Waals surface area contributed by atoms with Crippen molar-refractivity contribution in [3.8, 4) is 55.6 Å². The second kappa shape index (κ2) is 15.1. The minimum absolute atomic E-state index is 0.891. The van der Waals surface area contributed by atoms with Crippen molar-refractivity contribution in [1.82, 2.24) is 0 Å². The average molecular weight is 766 g/mol. The lowest BCUT2D eigenvalue weighted by molar-refractivity contribution is 0.670. The Balaban J connectivity index is 0.983. The third-order valence-electron chi connectivity index (χ3n) is 11.7. The maximum absolute atomic E-state index is 6.59. The van der Waals surface area contributed by atoms with Crippen molar-refractivity contribution < 1.29 is 4.42 Å². The Labute approximate surface area is 349 Å². The van der Waals surface area contributed by atoms with Crippen molar-refractivity contribution in [1.29, 1.82) is 0 Å². The predicted molar refractivity (Wildman–Crippen MR) is 253 cm³/mol. The van der Waals surface area contributed by atoms with Gasteiger partial charge in [0.25, 0.3) is 0 Å². The SMILES string of the molecule is c1ccc(-c2ccc(-c3ccc(N(c4ccc(-c5ccc(-c6cccc7ccccc67)cc5)cc4)c4ccccc4-c4cccc5c4oc4ccccc45)cc3)cc2)cc1. The number of furan rings is 1. The van der Waals surface area contributed by atoms with Gasteiger partial charge in [-0.1, -0.05) is 200 Å². The molecule has 0 aliphatic heterocycles. The zero-order valence-corrected chi connectivity index (χ0v) is 32.9. The molecule has 0 aliphatic rings. The van der Waals surface area contributed by atoms with Gasteiger partial charge in [0.1, 0.15) is 11.2 Å². The molecule has 0 unspecified atom stereocenters. The van der Waals surface area contributed by atoms with Gasteiger partial charge in [-0.05, 0) is 91.7 Å². The number of hydrogen-bond acceptors (Lipinski definition) is 2. The van der Waals surface area contributed by atoms with Gasteiger partial charge in [0.2, 0.25) is 0 Å². The van der Waals surface area contributed by atoms with E-state index in [1.54, 1.807) is 0 Å². The van der Waals surface area contributed by atoms with Crippen molar-refractivity contribution in [3.63, 3.8) is 0 Å². The van der Waals surface area contributed by atoms with Crippen molar-refractivity contribution in [2.75, 3.05) is 4.90 Å². The second-order valence-electron chi connectivity index (χ2n) is 15.3. The summed E-state index contributed by atoms with van der Waals surface area (Å²) in [6.45, 7) is 0. The van der Waals surface area contributed by atoms with E-state index >= 15 is 0 Å². The van der Waals surface area contributed by atoms with Crippen molar-refractivity contribution in [2.45, 2.75) is 0 Å². The molecule has 1 aromatic heterocycles. The quantitative estimate of drug-likeness (QED) is 0.153. The summed E-state index contributed by atoms with van der Waals surface area (Å²) in [6.07, 6.45) is 0. The molecule has 0 atom stereocenters. The molecule has 0 saturated carbocycles. The minimum Gasteiger partial charge on any atom is -0.455 e. The van der Waals surface area contributed by atoms with Crippen molar-refractivity contribution in [3.05, 3.63) is 237 Å². The first-order valence-corrected chi connectivity index (χ1v) is 20.5. The first-order chi connectivity index (χ1) is 29.7. The number of anilines is 3. The number of hydrogen-bond donors (Lipinski definition) is 0. The van der Waals surface area contributed by atoms with Crippen molar-refractivity contribution >= 4 is 49.8 Å². The summed E-state index contributed by atoms with van der Waals surface area (Å²) in [5.41, 5.74) is 16.7. The molecule has 1 heterocycles. The molecule has 2 heteroatoms. The third-order valence-corrected chi connectivity index (χ3v) is 11.7. The van der Waals surface area contributed by atoms with E-state index < -0.39 is 0 Å². The molecule has 0 spiro atoms. The van der Waals surface area contributed by atoms with Gasteiger partial charge >= 0.3 is 0 Å². The largest absolute Gasteiger partial charge is 0.455 e. The number of fused-ring (bicyclic) bond motifs is 4. The molecule has 0 bridgehead atoms. The summed E-state index contributed by atoms with van der Waals surface area (Å²) in [7, 11) is 0. The zero-order chi connectivity index (χ0) is 39.8. The Kier molecular flexibility index (Phi) is 8.87. The highest BCUT2D eigenvalue weighted by Gasteiger charge is 2.20. The molecule has 0 radical (unpaired) electrons. The average Bonchev–Trinajstić information content (AvgIpc) is 3.72. The van der Waals surface area contributed by atoms with Crippen LogP contribution < -0.4 is 4.90 Å². The minimum atomic E-state index is 0.891. The normalized spacial score (nSPS) is 11.3. The first kappa shape index (κ1) is 35.2. The second-order valence-corrected chi connectivity index (χ2v) is 15.3. The lowest BCUT2D eigenvalue weighted by Crippen LogP contribution is -2.11. The third kappa shape index (κ3) is 6.41. The Morgan fingerprint density at radius 3 is 1.37 bits per heavy atom. The molecule has 0 amide bonds. The van der Waals surface area contributed by atoms with Gasteiger partial charge in [-0.25, -0.2) is 0 Å². The van der Waals surface area contributed by atoms with Crippen LogP contribution in [0.2, 0.25) is 0 Å². The van der Waals surface area contributed by atoms with E-state index in [0.717, 1.165) is 55.7 Å². The lowest BCUT2D eigenvalue weighted by atomic mass is 9.96. The molecule has 282 valence electrons. The van der Waals surface area contributed by atoms with E-state index in [1.807, 2.05) is 12.1 Å². The Morgan fingerprint density at radius 2 is 0.700 bits per heavy atom. The fourth-order valence-electron chi connectivity index (χ4n) is 8.69. The van der Waals surface area contributed by atoms with Gasteiger partial charge in [-0.3, -0.25) is 0 Å². The van der Waals surface area contributed by atoms with E-state index in [-0.39, 0.29) is 0 Å². The van der Waals surface area contributed by atoms with E-state index in [0.29, 0.717) is 0 Å². The molecular formula is C58H39NO. The highest BCUT2D eigenvalue weighted by Crippen LogP contribution is 2.45. The molecule has 11 aromatic rings. The Hall–Kier alpha value is -7.94. The maximum Gasteiger partial charge on any atom is 0.143 e.